The molecule has 0 aliphatic heterocycles. The van der Waals surface area contributed by atoms with Gasteiger partial charge in [-0.2, -0.15) is 0 Å². The molecule has 1 heterocycles. The van der Waals surface area contributed by atoms with Crippen LogP contribution in [0.4, 0.5) is 5.82 Å². The molecule has 1 aromatic heterocycles. The lowest BCUT2D eigenvalue weighted by Crippen LogP contribution is -2.39. The summed E-state index contributed by atoms with van der Waals surface area (Å²) in [6.07, 6.45) is 2.73. The van der Waals surface area contributed by atoms with Crippen molar-refractivity contribution in [2.75, 3.05) is 24.5 Å². The van der Waals surface area contributed by atoms with Crippen LogP contribution in [0.2, 0.25) is 0 Å². The van der Waals surface area contributed by atoms with Crippen molar-refractivity contribution in [2.45, 2.75) is 34.1 Å². The van der Waals surface area contributed by atoms with E-state index in [1.807, 2.05) is 13.0 Å². The summed E-state index contributed by atoms with van der Waals surface area (Å²) in [5.74, 6) is 1.00. The van der Waals surface area contributed by atoms with E-state index in [-0.39, 0.29) is 5.41 Å². The first-order valence-corrected chi connectivity index (χ1v) is 6.22. The van der Waals surface area contributed by atoms with Crippen LogP contribution in [-0.4, -0.2) is 29.6 Å². The van der Waals surface area contributed by atoms with Crippen molar-refractivity contribution < 1.29 is 0 Å². The maximum absolute atomic E-state index is 5.80. The van der Waals surface area contributed by atoms with Crippen LogP contribution in [0.15, 0.2) is 12.4 Å². The largest absolute Gasteiger partial charge is 0.356 e. The second-order valence-corrected chi connectivity index (χ2v) is 5.31. The summed E-state index contributed by atoms with van der Waals surface area (Å²) in [6, 6.07) is 2.03. The number of nitrogens with zero attached hydrogens (tertiary/aromatic N) is 3. The zero-order valence-electron chi connectivity index (χ0n) is 11.4. The van der Waals surface area contributed by atoms with Crippen molar-refractivity contribution in [3.8, 4) is 0 Å². The molecular weight excluding hydrogens is 212 g/mol. The Hall–Kier alpha value is -1.16. The van der Waals surface area contributed by atoms with Gasteiger partial charge in [-0.3, -0.25) is 0 Å². The highest BCUT2D eigenvalue weighted by molar-refractivity contribution is 5.38. The molecule has 0 spiro atoms. The SMILES string of the molecule is CCCN(CC(C)(C)CN)c1cc(C)ncn1. The van der Waals surface area contributed by atoms with E-state index < -0.39 is 0 Å². The molecule has 0 aromatic carbocycles. The Bertz CT molecular complexity index is 349. The summed E-state index contributed by atoms with van der Waals surface area (Å²) in [5, 5.41) is 0. The van der Waals surface area contributed by atoms with Crippen LogP contribution in [-0.2, 0) is 0 Å². The van der Waals surface area contributed by atoms with Gasteiger partial charge in [0.2, 0.25) is 0 Å². The van der Waals surface area contributed by atoms with E-state index in [4.69, 9.17) is 5.73 Å². The van der Waals surface area contributed by atoms with Gasteiger partial charge in [0, 0.05) is 24.8 Å². The van der Waals surface area contributed by atoms with Gasteiger partial charge in [0.05, 0.1) is 0 Å². The average molecular weight is 236 g/mol. The fourth-order valence-corrected chi connectivity index (χ4v) is 1.74. The van der Waals surface area contributed by atoms with E-state index in [9.17, 15) is 0 Å². The Morgan fingerprint density at radius 3 is 2.59 bits per heavy atom. The monoisotopic (exact) mass is 236 g/mol. The molecule has 0 fully saturated rings. The standard InChI is InChI=1S/C13H24N4/c1-5-6-17(9-13(3,4)8-14)12-7-11(2)15-10-16-12/h7,10H,5-6,8-9,14H2,1-4H3. The maximum atomic E-state index is 5.80. The Morgan fingerprint density at radius 1 is 1.35 bits per heavy atom. The third kappa shape index (κ3) is 4.30. The highest BCUT2D eigenvalue weighted by Crippen LogP contribution is 2.20. The minimum Gasteiger partial charge on any atom is -0.356 e. The van der Waals surface area contributed by atoms with E-state index >= 15 is 0 Å². The second-order valence-electron chi connectivity index (χ2n) is 5.31. The molecule has 0 atom stereocenters. The molecule has 0 unspecified atom stereocenters. The smallest absolute Gasteiger partial charge is 0.132 e. The topological polar surface area (TPSA) is 55.0 Å². The first-order chi connectivity index (χ1) is 7.98. The minimum atomic E-state index is 0.105. The third-order valence-electron chi connectivity index (χ3n) is 2.78. The molecule has 0 aliphatic carbocycles. The summed E-state index contributed by atoms with van der Waals surface area (Å²) >= 11 is 0. The third-order valence-corrected chi connectivity index (χ3v) is 2.78. The highest BCUT2D eigenvalue weighted by atomic mass is 15.2. The molecule has 0 aliphatic rings. The fraction of sp³-hybridized carbons (Fsp3) is 0.692. The Morgan fingerprint density at radius 2 is 2.06 bits per heavy atom. The predicted molar refractivity (Wildman–Crippen MR) is 72.1 cm³/mol. The molecule has 17 heavy (non-hydrogen) atoms. The van der Waals surface area contributed by atoms with Crippen LogP contribution in [0, 0.1) is 12.3 Å². The van der Waals surface area contributed by atoms with Crippen molar-refractivity contribution in [2.24, 2.45) is 11.1 Å². The molecule has 2 N–H and O–H groups in total. The molecule has 96 valence electrons. The highest BCUT2D eigenvalue weighted by Gasteiger charge is 2.20. The Kier molecular flexibility index (Phi) is 4.87. The van der Waals surface area contributed by atoms with Crippen LogP contribution in [0.3, 0.4) is 0 Å². The van der Waals surface area contributed by atoms with Crippen molar-refractivity contribution in [1.82, 2.24) is 9.97 Å². The molecule has 0 saturated carbocycles. The second kappa shape index (κ2) is 5.96. The number of nitrogens with two attached hydrogens (primary N) is 1. The molecular formula is C13H24N4. The van der Waals surface area contributed by atoms with Crippen LogP contribution < -0.4 is 10.6 Å². The Labute approximate surface area is 104 Å². The van der Waals surface area contributed by atoms with Crippen LogP contribution in [0.5, 0.6) is 0 Å². The quantitative estimate of drug-likeness (QED) is 0.820. The molecule has 1 aromatic rings. The lowest BCUT2D eigenvalue weighted by molar-refractivity contribution is 0.376. The van der Waals surface area contributed by atoms with E-state index in [0.717, 1.165) is 31.0 Å². The molecule has 1 rings (SSSR count). The first kappa shape index (κ1) is 13.9. The van der Waals surface area contributed by atoms with Gasteiger partial charge in [-0.1, -0.05) is 20.8 Å². The van der Waals surface area contributed by atoms with Gasteiger partial charge >= 0.3 is 0 Å². The number of aryl methyl sites for hydroxylation is 1. The van der Waals surface area contributed by atoms with Gasteiger partial charge in [0.25, 0.3) is 0 Å². The summed E-state index contributed by atoms with van der Waals surface area (Å²) < 4.78 is 0. The molecule has 0 bridgehead atoms. The number of aromatic nitrogens is 2. The van der Waals surface area contributed by atoms with E-state index in [2.05, 4.69) is 35.6 Å². The average Bonchev–Trinajstić information content (AvgIpc) is 2.28. The van der Waals surface area contributed by atoms with Crippen molar-refractivity contribution in [3.05, 3.63) is 18.1 Å². The van der Waals surface area contributed by atoms with Gasteiger partial charge in [0.1, 0.15) is 12.1 Å². The molecule has 4 heteroatoms. The lowest BCUT2D eigenvalue weighted by Gasteiger charge is -2.32. The number of hydrogen-bond donors (Lipinski definition) is 1. The van der Waals surface area contributed by atoms with Crippen molar-refractivity contribution >= 4 is 5.82 Å². The predicted octanol–water partition coefficient (Wildman–Crippen LogP) is 1.99. The summed E-state index contributed by atoms with van der Waals surface area (Å²) in [4.78, 5) is 10.8. The summed E-state index contributed by atoms with van der Waals surface area (Å²) in [7, 11) is 0. The van der Waals surface area contributed by atoms with E-state index in [1.54, 1.807) is 6.33 Å². The summed E-state index contributed by atoms with van der Waals surface area (Å²) in [6.45, 7) is 11.1. The first-order valence-electron chi connectivity index (χ1n) is 6.22. The van der Waals surface area contributed by atoms with Crippen molar-refractivity contribution in [3.63, 3.8) is 0 Å². The molecule has 0 radical (unpaired) electrons. The molecule has 4 nitrogen and oxygen atoms in total. The van der Waals surface area contributed by atoms with Gasteiger partial charge in [-0.25, -0.2) is 9.97 Å². The number of anilines is 1. The summed E-state index contributed by atoms with van der Waals surface area (Å²) in [5.41, 5.74) is 6.91. The Balaban J connectivity index is 2.85. The minimum absolute atomic E-state index is 0.105. The molecule has 0 saturated heterocycles. The van der Waals surface area contributed by atoms with Gasteiger partial charge in [0.15, 0.2) is 0 Å². The van der Waals surface area contributed by atoms with Gasteiger partial charge < -0.3 is 10.6 Å². The lowest BCUT2D eigenvalue weighted by atomic mass is 9.93. The maximum Gasteiger partial charge on any atom is 0.132 e. The van der Waals surface area contributed by atoms with Gasteiger partial charge in [-0.15, -0.1) is 0 Å². The molecule has 0 amide bonds. The van der Waals surface area contributed by atoms with Crippen LogP contribution in [0.25, 0.3) is 0 Å². The fourth-order valence-electron chi connectivity index (χ4n) is 1.74. The normalized spacial score (nSPS) is 11.6. The van der Waals surface area contributed by atoms with Crippen molar-refractivity contribution in [1.29, 1.82) is 0 Å². The van der Waals surface area contributed by atoms with Crippen LogP contribution in [0.1, 0.15) is 32.9 Å². The number of hydrogen-bond acceptors (Lipinski definition) is 4. The number of rotatable bonds is 6. The zero-order valence-corrected chi connectivity index (χ0v) is 11.4. The van der Waals surface area contributed by atoms with E-state index in [1.165, 1.54) is 0 Å². The van der Waals surface area contributed by atoms with Gasteiger partial charge in [-0.05, 0) is 25.3 Å². The van der Waals surface area contributed by atoms with Crippen LogP contribution >= 0.6 is 0 Å². The van der Waals surface area contributed by atoms with E-state index in [0.29, 0.717) is 6.54 Å². The zero-order chi connectivity index (χ0) is 12.9.